The third kappa shape index (κ3) is 4.05. The van der Waals surface area contributed by atoms with E-state index in [0.717, 1.165) is 24.5 Å². The van der Waals surface area contributed by atoms with Crippen LogP contribution in [0.15, 0.2) is 48.5 Å². The largest absolute Gasteiger partial charge is 0.497 e. The fourth-order valence-corrected chi connectivity index (χ4v) is 3.03. The summed E-state index contributed by atoms with van der Waals surface area (Å²) in [5, 5.41) is 0. The van der Waals surface area contributed by atoms with Gasteiger partial charge in [0.2, 0.25) is 0 Å². The van der Waals surface area contributed by atoms with Gasteiger partial charge in [-0.25, -0.2) is 0 Å². The quantitative estimate of drug-likeness (QED) is 0.839. The molecule has 5 nitrogen and oxygen atoms in total. The highest BCUT2D eigenvalue weighted by molar-refractivity contribution is 5.94. The molecule has 0 spiro atoms. The van der Waals surface area contributed by atoms with Crippen molar-refractivity contribution in [3.63, 3.8) is 0 Å². The van der Waals surface area contributed by atoms with Gasteiger partial charge in [0.05, 0.1) is 13.7 Å². The summed E-state index contributed by atoms with van der Waals surface area (Å²) in [5.74, 6) is 1.65. The van der Waals surface area contributed by atoms with E-state index in [-0.39, 0.29) is 5.91 Å². The SMILES string of the molecule is CCOc1ccc(N2CCN(C(=O)c3cccc(OC)c3)CC2)cc1. The van der Waals surface area contributed by atoms with Gasteiger partial charge >= 0.3 is 0 Å². The molecule has 3 rings (SSSR count). The molecule has 0 unspecified atom stereocenters. The van der Waals surface area contributed by atoms with Crippen LogP contribution < -0.4 is 14.4 Å². The zero-order valence-corrected chi connectivity index (χ0v) is 14.8. The highest BCUT2D eigenvalue weighted by Crippen LogP contribution is 2.22. The first-order chi connectivity index (χ1) is 12.2. The second-order valence-electron chi connectivity index (χ2n) is 5.94. The number of benzene rings is 2. The number of methoxy groups -OCH3 is 1. The van der Waals surface area contributed by atoms with Gasteiger partial charge in [-0.15, -0.1) is 0 Å². The van der Waals surface area contributed by atoms with Crippen LogP contribution in [0.1, 0.15) is 17.3 Å². The van der Waals surface area contributed by atoms with Crippen molar-refractivity contribution in [2.45, 2.75) is 6.92 Å². The molecule has 132 valence electrons. The standard InChI is InChI=1S/C20H24N2O3/c1-3-25-18-9-7-17(8-10-18)21-11-13-22(14-12-21)20(23)16-5-4-6-19(15-16)24-2/h4-10,15H,3,11-14H2,1-2H3. The summed E-state index contributed by atoms with van der Waals surface area (Å²) < 4.78 is 10.7. The van der Waals surface area contributed by atoms with E-state index in [1.165, 1.54) is 0 Å². The molecule has 0 aliphatic carbocycles. The Bertz CT molecular complexity index is 707. The Hall–Kier alpha value is -2.69. The first-order valence-corrected chi connectivity index (χ1v) is 8.62. The molecule has 1 aliphatic rings. The molecule has 1 heterocycles. The molecular formula is C20H24N2O3. The van der Waals surface area contributed by atoms with Gasteiger partial charge in [-0.2, -0.15) is 0 Å². The Morgan fingerprint density at radius 2 is 1.72 bits per heavy atom. The average molecular weight is 340 g/mol. The predicted octanol–water partition coefficient (Wildman–Crippen LogP) is 3.06. The van der Waals surface area contributed by atoms with E-state index < -0.39 is 0 Å². The number of nitrogens with zero attached hydrogens (tertiary/aromatic N) is 2. The van der Waals surface area contributed by atoms with E-state index in [9.17, 15) is 4.79 Å². The molecule has 0 radical (unpaired) electrons. The molecule has 25 heavy (non-hydrogen) atoms. The number of hydrogen-bond donors (Lipinski definition) is 0. The zero-order chi connectivity index (χ0) is 17.6. The number of anilines is 1. The molecular weight excluding hydrogens is 316 g/mol. The fourth-order valence-electron chi connectivity index (χ4n) is 3.03. The van der Waals surface area contributed by atoms with Crippen molar-refractivity contribution < 1.29 is 14.3 Å². The summed E-state index contributed by atoms with van der Waals surface area (Å²) in [6.07, 6.45) is 0. The van der Waals surface area contributed by atoms with Gasteiger partial charge in [0, 0.05) is 37.4 Å². The Balaban J connectivity index is 1.60. The van der Waals surface area contributed by atoms with Crippen LogP contribution in [0.3, 0.4) is 0 Å². The first kappa shape index (κ1) is 17.1. The van der Waals surface area contributed by atoms with E-state index in [4.69, 9.17) is 9.47 Å². The van der Waals surface area contributed by atoms with Gasteiger partial charge in [-0.3, -0.25) is 4.79 Å². The second kappa shape index (κ2) is 7.92. The van der Waals surface area contributed by atoms with E-state index in [0.29, 0.717) is 31.0 Å². The predicted molar refractivity (Wildman–Crippen MR) is 98.7 cm³/mol. The summed E-state index contributed by atoms with van der Waals surface area (Å²) in [7, 11) is 1.61. The van der Waals surface area contributed by atoms with Crippen LogP contribution in [0.4, 0.5) is 5.69 Å². The van der Waals surface area contributed by atoms with Crippen LogP contribution in [-0.4, -0.2) is 50.7 Å². The Kier molecular flexibility index (Phi) is 5.43. The van der Waals surface area contributed by atoms with E-state index in [2.05, 4.69) is 17.0 Å². The van der Waals surface area contributed by atoms with Gasteiger partial charge in [0.1, 0.15) is 11.5 Å². The monoisotopic (exact) mass is 340 g/mol. The summed E-state index contributed by atoms with van der Waals surface area (Å²) >= 11 is 0. The molecule has 1 saturated heterocycles. The maximum Gasteiger partial charge on any atom is 0.254 e. The van der Waals surface area contributed by atoms with Gasteiger partial charge in [-0.05, 0) is 49.4 Å². The lowest BCUT2D eigenvalue weighted by molar-refractivity contribution is 0.0746. The Labute approximate surface area is 148 Å². The number of piperazine rings is 1. The van der Waals surface area contributed by atoms with Gasteiger partial charge in [0.25, 0.3) is 5.91 Å². The summed E-state index contributed by atoms with van der Waals surface area (Å²) in [4.78, 5) is 16.9. The molecule has 2 aromatic rings. The number of amides is 1. The van der Waals surface area contributed by atoms with Crippen LogP contribution in [-0.2, 0) is 0 Å². The molecule has 0 atom stereocenters. The van der Waals surface area contributed by atoms with Crippen LogP contribution in [0.2, 0.25) is 0 Å². The lowest BCUT2D eigenvalue weighted by Gasteiger charge is -2.36. The van der Waals surface area contributed by atoms with Crippen molar-refractivity contribution in [3.05, 3.63) is 54.1 Å². The second-order valence-corrected chi connectivity index (χ2v) is 5.94. The summed E-state index contributed by atoms with van der Waals surface area (Å²) in [6, 6.07) is 15.5. The normalized spacial score (nSPS) is 14.3. The smallest absolute Gasteiger partial charge is 0.254 e. The van der Waals surface area contributed by atoms with Crippen molar-refractivity contribution in [2.75, 3.05) is 44.8 Å². The lowest BCUT2D eigenvalue weighted by atomic mass is 10.1. The van der Waals surface area contributed by atoms with E-state index >= 15 is 0 Å². The van der Waals surface area contributed by atoms with Crippen LogP contribution in [0.5, 0.6) is 11.5 Å². The van der Waals surface area contributed by atoms with E-state index in [1.54, 1.807) is 13.2 Å². The van der Waals surface area contributed by atoms with Crippen molar-refractivity contribution >= 4 is 11.6 Å². The topological polar surface area (TPSA) is 42.0 Å². The number of hydrogen-bond acceptors (Lipinski definition) is 4. The molecule has 0 saturated carbocycles. The highest BCUT2D eigenvalue weighted by Gasteiger charge is 2.22. The van der Waals surface area contributed by atoms with Crippen LogP contribution in [0, 0.1) is 0 Å². The van der Waals surface area contributed by atoms with Crippen LogP contribution >= 0.6 is 0 Å². The zero-order valence-electron chi connectivity index (χ0n) is 14.8. The maximum atomic E-state index is 12.7. The molecule has 1 aliphatic heterocycles. The van der Waals surface area contributed by atoms with Gasteiger partial charge in [0.15, 0.2) is 0 Å². The lowest BCUT2D eigenvalue weighted by Crippen LogP contribution is -2.48. The Morgan fingerprint density at radius 1 is 1.00 bits per heavy atom. The number of carbonyl (C=O) groups is 1. The molecule has 0 N–H and O–H groups in total. The van der Waals surface area contributed by atoms with E-state index in [1.807, 2.05) is 42.2 Å². The van der Waals surface area contributed by atoms with Crippen molar-refractivity contribution in [3.8, 4) is 11.5 Å². The number of rotatable bonds is 5. The minimum Gasteiger partial charge on any atom is -0.497 e. The van der Waals surface area contributed by atoms with Crippen molar-refractivity contribution in [1.29, 1.82) is 0 Å². The molecule has 1 amide bonds. The first-order valence-electron chi connectivity index (χ1n) is 8.62. The molecule has 0 bridgehead atoms. The minimum atomic E-state index is 0.0604. The van der Waals surface area contributed by atoms with Gasteiger partial charge in [-0.1, -0.05) is 6.07 Å². The molecule has 0 aromatic heterocycles. The summed E-state index contributed by atoms with van der Waals surface area (Å²) in [6.45, 7) is 5.72. The van der Waals surface area contributed by atoms with Crippen molar-refractivity contribution in [1.82, 2.24) is 4.90 Å². The third-order valence-corrected chi connectivity index (χ3v) is 4.40. The summed E-state index contributed by atoms with van der Waals surface area (Å²) in [5.41, 5.74) is 1.84. The maximum absolute atomic E-state index is 12.7. The number of ether oxygens (including phenoxy) is 2. The average Bonchev–Trinajstić information content (AvgIpc) is 2.68. The molecule has 2 aromatic carbocycles. The Morgan fingerprint density at radius 3 is 2.36 bits per heavy atom. The van der Waals surface area contributed by atoms with Crippen molar-refractivity contribution in [2.24, 2.45) is 0 Å². The van der Waals surface area contributed by atoms with Crippen LogP contribution in [0.25, 0.3) is 0 Å². The number of carbonyl (C=O) groups excluding carboxylic acids is 1. The third-order valence-electron chi connectivity index (χ3n) is 4.40. The fraction of sp³-hybridized carbons (Fsp3) is 0.350. The minimum absolute atomic E-state index is 0.0604. The molecule has 5 heteroatoms. The molecule has 1 fully saturated rings. The highest BCUT2D eigenvalue weighted by atomic mass is 16.5. The van der Waals surface area contributed by atoms with Gasteiger partial charge < -0.3 is 19.3 Å².